The van der Waals surface area contributed by atoms with E-state index < -0.39 is 0 Å². The largest absolute Gasteiger partial charge is 0.343 e. The molecular weight excluding hydrogens is 112 g/mol. The summed E-state index contributed by atoms with van der Waals surface area (Å²) in [5, 5.41) is 8.47. The monoisotopic (exact) mass is 120 g/mol. The molecule has 0 aromatic rings. The Morgan fingerprint density at radius 3 is 3.00 bits per heavy atom. The van der Waals surface area contributed by atoms with Crippen LogP contribution < -0.4 is 0 Å². The Bertz CT molecular complexity index is 195. The van der Waals surface area contributed by atoms with E-state index in [0.717, 1.165) is 12.1 Å². The van der Waals surface area contributed by atoms with E-state index in [1.54, 1.807) is 0 Å². The molecule has 2 nitrogen and oxygen atoms in total. The van der Waals surface area contributed by atoms with Crippen molar-refractivity contribution in [1.29, 1.82) is 5.26 Å². The van der Waals surface area contributed by atoms with Crippen molar-refractivity contribution in [2.24, 2.45) is 0 Å². The standard InChI is InChI=1S/C7H8N2/c1-9-5-3-2-4-7(9)6-8/h3-5H,2H2,1H3. The topological polar surface area (TPSA) is 27.0 Å². The minimum atomic E-state index is 0.734. The third-order valence-corrected chi connectivity index (χ3v) is 1.27. The Labute approximate surface area is 54.7 Å². The van der Waals surface area contributed by atoms with Crippen molar-refractivity contribution in [3.63, 3.8) is 0 Å². The van der Waals surface area contributed by atoms with Crippen molar-refractivity contribution in [2.75, 3.05) is 7.05 Å². The van der Waals surface area contributed by atoms with Gasteiger partial charge in [0, 0.05) is 13.2 Å². The van der Waals surface area contributed by atoms with Crippen LogP contribution in [0.5, 0.6) is 0 Å². The van der Waals surface area contributed by atoms with Gasteiger partial charge < -0.3 is 4.90 Å². The zero-order chi connectivity index (χ0) is 6.69. The summed E-state index contributed by atoms with van der Waals surface area (Å²) in [5.74, 6) is 0. The zero-order valence-electron chi connectivity index (χ0n) is 5.33. The van der Waals surface area contributed by atoms with E-state index in [2.05, 4.69) is 6.07 Å². The lowest BCUT2D eigenvalue weighted by atomic mass is 10.2. The van der Waals surface area contributed by atoms with Gasteiger partial charge in [0.2, 0.25) is 0 Å². The molecule has 9 heavy (non-hydrogen) atoms. The molecule has 1 heterocycles. The molecule has 0 saturated carbocycles. The van der Waals surface area contributed by atoms with Crippen LogP contribution in [0.25, 0.3) is 0 Å². The molecule has 0 radical (unpaired) electrons. The van der Waals surface area contributed by atoms with Gasteiger partial charge in [0.1, 0.15) is 11.8 Å². The lowest BCUT2D eigenvalue weighted by Crippen LogP contribution is -2.10. The van der Waals surface area contributed by atoms with Gasteiger partial charge in [0.15, 0.2) is 0 Å². The number of hydrogen-bond donors (Lipinski definition) is 0. The minimum absolute atomic E-state index is 0.734. The van der Waals surface area contributed by atoms with E-state index in [1.165, 1.54) is 0 Å². The van der Waals surface area contributed by atoms with E-state index in [4.69, 9.17) is 5.26 Å². The van der Waals surface area contributed by atoms with E-state index in [1.807, 2.05) is 30.3 Å². The predicted octanol–water partition coefficient (Wildman–Crippen LogP) is 1.24. The summed E-state index contributed by atoms with van der Waals surface area (Å²) in [7, 11) is 1.87. The van der Waals surface area contributed by atoms with Crippen LogP contribution in [0.2, 0.25) is 0 Å². The molecule has 46 valence electrons. The predicted molar refractivity (Wildman–Crippen MR) is 35.2 cm³/mol. The molecular formula is C7H8N2. The Hall–Kier alpha value is -1.23. The van der Waals surface area contributed by atoms with E-state index in [-0.39, 0.29) is 0 Å². The van der Waals surface area contributed by atoms with Gasteiger partial charge in [0.25, 0.3) is 0 Å². The second-order valence-corrected chi connectivity index (χ2v) is 1.93. The first kappa shape index (κ1) is 5.90. The van der Waals surface area contributed by atoms with Crippen LogP contribution in [-0.4, -0.2) is 11.9 Å². The third kappa shape index (κ3) is 1.11. The number of nitrogens with zero attached hydrogens (tertiary/aromatic N) is 2. The summed E-state index contributed by atoms with van der Waals surface area (Å²) in [6, 6.07) is 2.09. The maximum atomic E-state index is 8.47. The number of nitriles is 1. The summed E-state index contributed by atoms with van der Waals surface area (Å²) in [6.45, 7) is 0. The Morgan fingerprint density at radius 2 is 2.56 bits per heavy atom. The average Bonchev–Trinajstić information content (AvgIpc) is 1.89. The Balaban J connectivity index is 2.73. The van der Waals surface area contributed by atoms with Crippen molar-refractivity contribution >= 4 is 0 Å². The van der Waals surface area contributed by atoms with Crippen LogP contribution in [0.4, 0.5) is 0 Å². The first-order valence-corrected chi connectivity index (χ1v) is 2.84. The van der Waals surface area contributed by atoms with Crippen molar-refractivity contribution < 1.29 is 0 Å². The van der Waals surface area contributed by atoms with Gasteiger partial charge in [-0.2, -0.15) is 5.26 Å². The Morgan fingerprint density at radius 1 is 1.78 bits per heavy atom. The highest BCUT2D eigenvalue weighted by Gasteiger charge is 2.00. The molecule has 0 aromatic carbocycles. The van der Waals surface area contributed by atoms with Crippen LogP contribution >= 0.6 is 0 Å². The molecule has 0 N–H and O–H groups in total. The molecule has 0 fully saturated rings. The maximum Gasteiger partial charge on any atom is 0.117 e. The van der Waals surface area contributed by atoms with Gasteiger partial charge in [-0.25, -0.2) is 0 Å². The van der Waals surface area contributed by atoms with Crippen molar-refractivity contribution in [2.45, 2.75) is 6.42 Å². The second-order valence-electron chi connectivity index (χ2n) is 1.93. The fourth-order valence-electron chi connectivity index (χ4n) is 0.747. The minimum Gasteiger partial charge on any atom is -0.343 e. The molecule has 0 unspecified atom stereocenters. The third-order valence-electron chi connectivity index (χ3n) is 1.27. The summed E-state index contributed by atoms with van der Waals surface area (Å²) < 4.78 is 0. The first-order chi connectivity index (χ1) is 4.34. The fraction of sp³-hybridized carbons (Fsp3) is 0.286. The lowest BCUT2D eigenvalue weighted by molar-refractivity contribution is 0.579. The molecule has 0 bridgehead atoms. The highest BCUT2D eigenvalue weighted by molar-refractivity contribution is 5.24. The summed E-state index contributed by atoms with van der Waals surface area (Å²) in [5.41, 5.74) is 0.734. The number of rotatable bonds is 0. The van der Waals surface area contributed by atoms with Crippen molar-refractivity contribution in [3.8, 4) is 6.07 Å². The molecule has 0 atom stereocenters. The summed E-state index contributed by atoms with van der Waals surface area (Å²) >= 11 is 0. The van der Waals surface area contributed by atoms with Gasteiger partial charge in [-0.05, 0) is 12.5 Å². The quantitative estimate of drug-likeness (QED) is 0.481. The van der Waals surface area contributed by atoms with Gasteiger partial charge in [-0.15, -0.1) is 0 Å². The molecule has 0 amide bonds. The highest BCUT2D eigenvalue weighted by atomic mass is 15.1. The highest BCUT2D eigenvalue weighted by Crippen LogP contribution is 2.07. The molecule has 1 rings (SSSR count). The molecule has 0 saturated heterocycles. The van der Waals surface area contributed by atoms with Crippen LogP contribution in [0.3, 0.4) is 0 Å². The van der Waals surface area contributed by atoms with Crippen LogP contribution in [0.15, 0.2) is 24.0 Å². The molecule has 0 aliphatic carbocycles. The van der Waals surface area contributed by atoms with Crippen molar-refractivity contribution in [3.05, 3.63) is 24.0 Å². The van der Waals surface area contributed by atoms with Gasteiger partial charge in [-0.1, -0.05) is 6.08 Å². The average molecular weight is 120 g/mol. The van der Waals surface area contributed by atoms with Gasteiger partial charge in [-0.3, -0.25) is 0 Å². The number of hydrogen-bond acceptors (Lipinski definition) is 2. The first-order valence-electron chi connectivity index (χ1n) is 2.84. The molecule has 0 spiro atoms. The molecule has 2 heteroatoms. The lowest BCUT2D eigenvalue weighted by Gasteiger charge is -2.14. The molecule has 1 aliphatic rings. The smallest absolute Gasteiger partial charge is 0.117 e. The van der Waals surface area contributed by atoms with E-state index >= 15 is 0 Å². The summed E-state index contributed by atoms with van der Waals surface area (Å²) in [4.78, 5) is 1.81. The fourth-order valence-corrected chi connectivity index (χ4v) is 0.747. The van der Waals surface area contributed by atoms with Gasteiger partial charge in [0.05, 0.1) is 0 Å². The van der Waals surface area contributed by atoms with Crippen LogP contribution in [-0.2, 0) is 0 Å². The van der Waals surface area contributed by atoms with E-state index in [0.29, 0.717) is 0 Å². The Kier molecular flexibility index (Phi) is 1.55. The normalized spacial score (nSPS) is 16.9. The number of allylic oxidation sites excluding steroid dienone is 3. The van der Waals surface area contributed by atoms with Gasteiger partial charge >= 0.3 is 0 Å². The summed E-state index contributed by atoms with van der Waals surface area (Å²) in [6.07, 6.45) is 6.70. The molecule has 1 aliphatic heterocycles. The van der Waals surface area contributed by atoms with E-state index in [9.17, 15) is 0 Å². The maximum absolute atomic E-state index is 8.47. The zero-order valence-corrected chi connectivity index (χ0v) is 5.33. The van der Waals surface area contributed by atoms with Crippen molar-refractivity contribution in [1.82, 2.24) is 4.90 Å². The SMILES string of the molecule is CN1C=CCC=C1C#N. The van der Waals surface area contributed by atoms with Crippen LogP contribution in [0, 0.1) is 11.3 Å². The second kappa shape index (κ2) is 2.36. The van der Waals surface area contributed by atoms with Crippen LogP contribution in [0.1, 0.15) is 6.42 Å². The molecule has 0 aromatic heterocycles.